The predicted molar refractivity (Wildman–Crippen MR) is 80.4 cm³/mol. The molecule has 21 heavy (non-hydrogen) atoms. The predicted octanol–water partition coefficient (Wildman–Crippen LogP) is 1.92. The molecule has 3 aromatic rings. The average Bonchev–Trinajstić information content (AvgIpc) is 3.16. The Morgan fingerprint density at radius 2 is 2.05 bits per heavy atom. The SMILES string of the molecule is Nc1c[nH]c(C(=O)NCc2ccc(-c3ccn[nH]3)cc2)c1. The van der Waals surface area contributed by atoms with Gasteiger partial charge in [0.15, 0.2) is 0 Å². The van der Waals surface area contributed by atoms with Crippen LogP contribution in [0.25, 0.3) is 11.3 Å². The molecule has 0 aliphatic carbocycles. The molecule has 1 aromatic carbocycles. The van der Waals surface area contributed by atoms with Crippen LogP contribution in [-0.4, -0.2) is 21.1 Å². The first-order valence-electron chi connectivity index (χ1n) is 6.53. The van der Waals surface area contributed by atoms with Crippen molar-refractivity contribution in [2.45, 2.75) is 6.54 Å². The molecule has 0 aliphatic heterocycles. The summed E-state index contributed by atoms with van der Waals surface area (Å²) in [5.74, 6) is -0.177. The Morgan fingerprint density at radius 3 is 2.67 bits per heavy atom. The van der Waals surface area contributed by atoms with Gasteiger partial charge in [0.05, 0.1) is 5.69 Å². The van der Waals surface area contributed by atoms with Crippen molar-refractivity contribution in [3.05, 3.63) is 60.0 Å². The van der Waals surface area contributed by atoms with E-state index >= 15 is 0 Å². The van der Waals surface area contributed by atoms with Gasteiger partial charge in [0.1, 0.15) is 5.69 Å². The molecule has 1 amide bonds. The van der Waals surface area contributed by atoms with E-state index in [0.29, 0.717) is 17.9 Å². The molecular formula is C15H15N5O. The van der Waals surface area contributed by atoms with Crippen molar-refractivity contribution in [1.29, 1.82) is 0 Å². The molecule has 0 fully saturated rings. The largest absolute Gasteiger partial charge is 0.397 e. The van der Waals surface area contributed by atoms with Crippen molar-refractivity contribution >= 4 is 11.6 Å². The van der Waals surface area contributed by atoms with Gasteiger partial charge in [-0.25, -0.2) is 0 Å². The summed E-state index contributed by atoms with van der Waals surface area (Å²) >= 11 is 0. The van der Waals surface area contributed by atoms with Crippen LogP contribution in [0, 0.1) is 0 Å². The molecule has 0 bridgehead atoms. The molecule has 106 valence electrons. The summed E-state index contributed by atoms with van der Waals surface area (Å²) in [4.78, 5) is 14.7. The maximum Gasteiger partial charge on any atom is 0.268 e. The molecular weight excluding hydrogens is 266 g/mol. The maximum atomic E-state index is 11.9. The lowest BCUT2D eigenvalue weighted by Gasteiger charge is -2.05. The van der Waals surface area contributed by atoms with Gasteiger partial charge in [0, 0.05) is 24.6 Å². The molecule has 0 spiro atoms. The van der Waals surface area contributed by atoms with Gasteiger partial charge < -0.3 is 16.0 Å². The van der Waals surface area contributed by atoms with E-state index in [1.54, 1.807) is 18.5 Å². The smallest absolute Gasteiger partial charge is 0.268 e. The van der Waals surface area contributed by atoms with Crippen LogP contribution >= 0.6 is 0 Å². The third kappa shape index (κ3) is 2.94. The Labute approximate surface area is 121 Å². The highest BCUT2D eigenvalue weighted by atomic mass is 16.1. The minimum absolute atomic E-state index is 0.177. The number of hydrogen-bond acceptors (Lipinski definition) is 3. The molecule has 0 unspecified atom stereocenters. The van der Waals surface area contributed by atoms with Gasteiger partial charge in [0.2, 0.25) is 0 Å². The maximum absolute atomic E-state index is 11.9. The van der Waals surface area contributed by atoms with E-state index in [1.807, 2.05) is 30.3 Å². The molecule has 2 heterocycles. The standard InChI is InChI=1S/C15H15N5O/c16-12-7-14(17-9-12)15(21)18-8-10-1-3-11(4-2-10)13-5-6-19-20-13/h1-7,9,17H,8,16H2,(H,18,21)(H,19,20). The molecule has 0 saturated heterocycles. The van der Waals surface area contributed by atoms with E-state index in [4.69, 9.17) is 5.73 Å². The number of H-pyrrole nitrogens is 2. The zero-order valence-corrected chi connectivity index (χ0v) is 11.3. The zero-order chi connectivity index (χ0) is 14.7. The Kier molecular flexibility index (Phi) is 3.42. The molecule has 0 aliphatic rings. The number of nitrogens with zero attached hydrogens (tertiary/aromatic N) is 1. The van der Waals surface area contributed by atoms with Crippen LogP contribution in [0.15, 0.2) is 48.8 Å². The van der Waals surface area contributed by atoms with E-state index in [-0.39, 0.29) is 5.91 Å². The van der Waals surface area contributed by atoms with Crippen LogP contribution in [0.3, 0.4) is 0 Å². The van der Waals surface area contributed by atoms with Gasteiger partial charge >= 0.3 is 0 Å². The number of nitrogen functional groups attached to an aromatic ring is 1. The summed E-state index contributed by atoms with van der Waals surface area (Å²) < 4.78 is 0. The summed E-state index contributed by atoms with van der Waals surface area (Å²) in [6.07, 6.45) is 3.31. The monoisotopic (exact) mass is 281 g/mol. The van der Waals surface area contributed by atoms with Gasteiger partial charge in [-0.2, -0.15) is 5.10 Å². The zero-order valence-electron chi connectivity index (χ0n) is 11.3. The molecule has 3 rings (SSSR count). The number of benzene rings is 1. The quantitative estimate of drug-likeness (QED) is 0.587. The van der Waals surface area contributed by atoms with E-state index in [1.165, 1.54) is 0 Å². The van der Waals surface area contributed by atoms with E-state index in [9.17, 15) is 4.79 Å². The van der Waals surface area contributed by atoms with Gasteiger partial charge in [-0.15, -0.1) is 0 Å². The lowest BCUT2D eigenvalue weighted by atomic mass is 10.1. The number of aromatic amines is 2. The van der Waals surface area contributed by atoms with E-state index < -0.39 is 0 Å². The Morgan fingerprint density at radius 1 is 1.24 bits per heavy atom. The Balaban J connectivity index is 1.62. The molecule has 0 atom stereocenters. The number of rotatable bonds is 4. The van der Waals surface area contributed by atoms with E-state index in [0.717, 1.165) is 16.8 Å². The molecule has 0 radical (unpaired) electrons. The van der Waals surface area contributed by atoms with Crippen molar-refractivity contribution in [3.63, 3.8) is 0 Å². The van der Waals surface area contributed by atoms with Crippen LogP contribution in [0.1, 0.15) is 16.1 Å². The lowest BCUT2D eigenvalue weighted by molar-refractivity contribution is 0.0946. The van der Waals surface area contributed by atoms with Crippen LogP contribution in [0.5, 0.6) is 0 Å². The van der Waals surface area contributed by atoms with Gasteiger partial charge in [0.25, 0.3) is 5.91 Å². The fourth-order valence-electron chi connectivity index (χ4n) is 2.04. The summed E-state index contributed by atoms with van der Waals surface area (Å²) in [5, 5.41) is 9.67. The average molecular weight is 281 g/mol. The lowest BCUT2D eigenvalue weighted by Crippen LogP contribution is -2.22. The molecule has 6 heteroatoms. The fourth-order valence-corrected chi connectivity index (χ4v) is 2.04. The van der Waals surface area contributed by atoms with Crippen LogP contribution in [0.2, 0.25) is 0 Å². The highest BCUT2D eigenvalue weighted by molar-refractivity contribution is 5.93. The number of amides is 1. The minimum Gasteiger partial charge on any atom is -0.397 e. The molecule has 0 saturated carbocycles. The molecule has 5 N–H and O–H groups in total. The second-order valence-corrected chi connectivity index (χ2v) is 4.70. The second-order valence-electron chi connectivity index (χ2n) is 4.70. The first-order chi connectivity index (χ1) is 10.2. The minimum atomic E-state index is -0.177. The van der Waals surface area contributed by atoms with Crippen LogP contribution in [0.4, 0.5) is 5.69 Å². The van der Waals surface area contributed by atoms with Crippen molar-refractivity contribution in [3.8, 4) is 11.3 Å². The van der Waals surface area contributed by atoms with Gasteiger partial charge in [-0.1, -0.05) is 24.3 Å². The number of nitrogens with two attached hydrogens (primary N) is 1. The fraction of sp³-hybridized carbons (Fsp3) is 0.0667. The topological polar surface area (TPSA) is 99.6 Å². The van der Waals surface area contributed by atoms with Gasteiger partial charge in [-0.3, -0.25) is 9.89 Å². The van der Waals surface area contributed by atoms with Gasteiger partial charge in [-0.05, 0) is 23.3 Å². The summed E-state index contributed by atoms with van der Waals surface area (Å²) in [7, 11) is 0. The third-order valence-electron chi connectivity index (χ3n) is 3.17. The number of nitrogens with one attached hydrogen (secondary N) is 3. The summed E-state index contributed by atoms with van der Waals surface area (Å²) in [5.41, 5.74) is 9.61. The van der Waals surface area contributed by atoms with Crippen molar-refractivity contribution in [2.75, 3.05) is 5.73 Å². The van der Waals surface area contributed by atoms with E-state index in [2.05, 4.69) is 20.5 Å². The first kappa shape index (κ1) is 13.0. The first-order valence-corrected chi connectivity index (χ1v) is 6.53. The third-order valence-corrected chi connectivity index (χ3v) is 3.17. The van der Waals surface area contributed by atoms with Crippen LogP contribution in [-0.2, 0) is 6.54 Å². The van der Waals surface area contributed by atoms with Crippen LogP contribution < -0.4 is 11.1 Å². The summed E-state index contributed by atoms with van der Waals surface area (Å²) in [6, 6.07) is 11.4. The normalized spacial score (nSPS) is 10.5. The highest BCUT2D eigenvalue weighted by Crippen LogP contribution is 2.16. The van der Waals surface area contributed by atoms with Crippen molar-refractivity contribution < 1.29 is 4.79 Å². The number of aromatic nitrogens is 3. The number of carbonyl (C=O) groups is 1. The summed E-state index contributed by atoms with van der Waals surface area (Å²) in [6.45, 7) is 0.459. The Bertz CT molecular complexity index is 728. The number of hydrogen-bond donors (Lipinski definition) is 4. The Hall–Kier alpha value is -3.02. The number of carbonyl (C=O) groups excluding carboxylic acids is 1. The highest BCUT2D eigenvalue weighted by Gasteiger charge is 2.07. The second kappa shape index (κ2) is 5.54. The molecule has 6 nitrogen and oxygen atoms in total. The van der Waals surface area contributed by atoms with Crippen molar-refractivity contribution in [1.82, 2.24) is 20.5 Å². The molecule has 2 aromatic heterocycles. The number of anilines is 1. The van der Waals surface area contributed by atoms with Crippen molar-refractivity contribution in [2.24, 2.45) is 0 Å².